The second-order valence-corrected chi connectivity index (χ2v) is 24.7. The molecule has 5 aromatic rings. The summed E-state index contributed by atoms with van der Waals surface area (Å²) in [6, 6.07) is 29.0. The van der Waals surface area contributed by atoms with Gasteiger partial charge in [-0.1, -0.05) is 0 Å². The van der Waals surface area contributed by atoms with Crippen molar-refractivity contribution in [3.63, 3.8) is 0 Å². The van der Waals surface area contributed by atoms with Crippen LogP contribution in [0.25, 0.3) is 45.6 Å². The predicted molar refractivity (Wildman–Crippen MR) is 182 cm³/mol. The van der Waals surface area contributed by atoms with Gasteiger partial charge in [0.1, 0.15) is 0 Å². The monoisotopic (exact) mass is 677 g/mol. The summed E-state index contributed by atoms with van der Waals surface area (Å²) < 4.78 is 5.77. The van der Waals surface area contributed by atoms with Crippen molar-refractivity contribution in [3.8, 4) is 45.6 Å². The zero-order valence-corrected chi connectivity index (χ0v) is 28.7. The van der Waals surface area contributed by atoms with E-state index in [2.05, 4.69) is 62.2 Å². The summed E-state index contributed by atoms with van der Waals surface area (Å²) in [6.45, 7) is 7.00. The average Bonchev–Trinajstić information content (AvgIpc) is 3.09. The minimum atomic E-state index is -2.78. The molecule has 0 aliphatic carbocycles. The maximum atomic E-state index is 5.21. The molecule has 0 atom stereocenters. The number of hydrogen-bond acceptors (Lipinski definition) is 5. The van der Waals surface area contributed by atoms with E-state index in [4.69, 9.17) is 19.9 Å². The molecule has 220 valence electrons. The van der Waals surface area contributed by atoms with Crippen molar-refractivity contribution in [3.05, 3.63) is 97.3 Å². The van der Waals surface area contributed by atoms with Crippen LogP contribution in [0, 0.1) is 0 Å². The Balaban J connectivity index is 1.63. The summed E-state index contributed by atoms with van der Waals surface area (Å²) in [6.07, 6.45) is 11.3. The van der Waals surface area contributed by atoms with Crippen molar-refractivity contribution >= 4 is 22.0 Å². The van der Waals surface area contributed by atoms with E-state index in [1.165, 1.54) is 51.8 Å². The third-order valence-corrected chi connectivity index (χ3v) is 23.9. The first-order chi connectivity index (χ1) is 21.2. The van der Waals surface area contributed by atoms with Crippen LogP contribution in [0.3, 0.4) is 0 Å². The van der Waals surface area contributed by atoms with Crippen LogP contribution < -0.4 is 3.58 Å². The first-order valence-corrected chi connectivity index (χ1v) is 23.4. The molecule has 0 amide bonds. The molecule has 0 N–H and O–H groups in total. The fourth-order valence-electron chi connectivity index (χ4n) is 5.92. The second-order valence-electron chi connectivity index (χ2n) is 11.5. The van der Waals surface area contributed by atoms with Crippen molar-refractivity contribution in [2.45, 2.75) is 72.6 Å². The normalized spacial score (nSPS) is 11.5. The Morgan fingerprint density at radius 2 is 0.814 bits per heavy atom. The van der Waals surface area contributed by atoms with Crippen LogP contribution in [0.15, 0.2) is 97.3 Å². The zero-order valence-electron chi connectivity index (χ0n) is 25.8. The van der Waals surface area contributed by atoms with Gasteiger partial charge in [-0.3, -0.25) is 0 Å². The average molecular weight is 676 g/mol. The van der Waals surface area contributed by atoms with Crippen LogP contribution in [0.4, 0.5) is 0 Å². The van der Waals surface area contributed by atoms with E-state index >= 15 is 0 Å². The van der Waals surface area contributed by atoms with Gasteiger partial charge in [-0.2, -0.15) is 0 Å². The molecule has 0 aliphatic rings. The van der Waals surface area contributed by atoms with E-state index < -0.39 is 18.4 Å². The fraction of sp³-hybridized carbons (Fsp3) is 0.324. The van der Waals surface area contributed by atoms with Crippen molar-refractivity contribution in [1.82, 2.24) is 24.9 Å². The Kier molecular flexibility index (Phi) is 11.0. The van der Waals surface area contributed by atoms with Crippen LogP contribution in [0.5, 0.6) is 0 Å². The third kappa shape index (κ3) is 7.74. The predicted octanol–water partition coefficient (Wildman–Crippen LogP) is 9.39. The summed E-state index contributed by atoms with van der Waals surface area (Å²) >= 11 is -2.78. The topological polar surface area (TPSA) is 64.5 Å². The molecule has 0 aromatic carbocycles. The molecule has 0 radical (unpaired) electrons. The quantitative estimate of drug-likeness (QED) is 0.110. The van der Waals surface area contributed by atoms with Gasteiger partial charge in [-0.25, -0.2) is 0 Å². The molecule has 5 aromatic heterocycles. The van der Waals surface area contributed by atoms with Gasteiger partial charge in [-0.05, 0) is 6.07 Å². The van der Waals surface area contributed by atoms with Crippen LogP contribution >= 0.6 is 0 Å². The minimum absolute atomic E-state index is 0.827. The Bertz CT molecular complexity index is 1570. The maximum absolute atomic E-state index is 5.21. The van der Waals surface area contributed by atoms with Crippen LogP contribution in [-0.2, 0) is 0 Å². The molecule has 0 fully saturated rings. The summed E-state index contributed by atoms with van der Waals surface area (Å²) in [7, 11) is 0. The van der Waals surface area contributed by atoms with Crippen molar-refractivity contribution in [2.75, 3.05) is 0 Å². The van der Waals surface area contributed by atoms with E-state index in [0.29, 0.717) is 0 Å². The third-order valence-electron chi connectivity index (χ3n) is 8.34. The molecule has 43 heavy (non-hydrogen) atoms. The first kappa shape index (κ1) is 31.0. The standard InChI is InChI=1S/C25H16N5.3C4H9.Sn/c1-3-16-26-18(8-1)20-10-5-12-22(28-20)24-14-7-15-25(30-24)23-13-6-11-21(29-23)19-9-2-4-17-27-19;3*1-3-4-2;/h1-5,7-17H;3*1,3-4H2,2H3;. The van der Waals surface area contributed by atoms with Gasteiger partial charge < -0.3 is 0 Å². The number of aromatic nitrogens is 5. The number of unbranched alkanes of at least 4 members (excludes halogenated alkanes) is 3. The molecule has 5 heterocycles. The van der Waals surface area contributed by atoms with Crippen molar-refractivity contribution in [1.29, 1.82) is 0 Å². The molecule has 0 saturated heterocycles. The number of pyridine rings is 5. The number of hydrogen-bond donors (Lipinski definition) is 0. The van der Waals surface area contributed by atoms with Crippen LogP contribution in [0.2, 0.25) is 13.3 Å². The summed E-state index contributed by atoms with van der Waals surface area (Å²) in [5.74, 6) is 0. The van der Waals surface area contributed by atoms with Gasteiger partial charge in [0.05, 0.1) is 0 Å². The molecule has 5 rings (SSSR count). The Morgan fingerprint density at radius 1 is 0.442 bits per heavy atom. The molecule has 0 spiro atoms. The Morgan fingerprint density at radius 3 is 1.26 bits per heavy atom. The molecular weight excluding hydrogens is 633 g/mol. The van der Waals surface area contributed by atoms with Crippen molar-refractivity contribution < 1.29 is 0 Å². The Labute approximate surface area is 261 Å². The summed E-state index contributed by atoms with van der Waals surface area (Å²) in [4.78, 5) is 24.5. The van der Waals surface area contributed by atoms with Crippen molar-refractivity contribution in [2.24, 2.45) is 0 Å². The molecule has 5 nitrogen and oxygen atoms in total. The van der Waals surface area contributed by atoms with Gasteiger partial charge in [-0.15, -0.1) is 0 Å². The van der Waals surface area contributed by atoms with Crippen LogP contribution in [0.1, 0.15) is 59.3 Å². The second kappa shape index (κ2) is 15.3. The molecular formula is C37H43N5Sn. The molecule has 0 saturated carbocycles. The number of nitrogens with zero attached hydrogens (tertiary/aromatic N) is 5. The van der Waals surface area contributed by atoms with Gasteiger partial charge in [0.15, 0.2) is 0 Å². The SMILES string of the molecule is CCC[CH2][Sn]([CH2]CCC)([CH2]CCC)[c]1cc(-c2ccccn2)nc(-c2cccc(-c3cccc(-c4ccccn4)n3)n2)c1. The zero-order chi connectivity index (χ0) is 29.9. The van der Waals surface area contributed by atoms with Gasteiger partial charge in [0.25, 0.3) is 0 Å². The molecule has 0 unspecified atom stereocenters. The molecule has 0 aliphatic heterocycles. The van der Waals surface area contributed by atoms with Gasteiger partial charge in [0, 0.05) is 0 Å². The van der Waals surface area contributed by atoms with E-state index in [-0.39, 0.29) is 0 Å². The first-order valence-electron chi connectivity index (χ1n) is 16.0. The fourth-order valence-corrected chi connectivity index (χ4v) is 21.9. The van der Waals surface area contributed by atoms with E-state index in [9.17, 15) is 0 Å². The summed E-state index contributed by atoms with van der Waals surface area (Å²) in [5.41, 5.74) is 7.05. The van der Waals surface area contributed by atoms with Gasteiger partial charge >= 0.3 is 256 Å². The Hall–Kier alpha value is -3.45. The van der Waals surface area contributed by atoms with Gasteiger partial charge in [0.2, 0.25) is 0 Å². The van der Waals surface area contributed by atoms with E-state index in [1.807, 2.05) is 54.7 Å². The van der Waals surface area contributed by atoms with E-state index in [1.54, 1.807) is 9.78 Å². The number of rotatable bonds is 14. The van der Waals surface area contributed by atoms with Crippen LogP contribution in [-0.4, -0.2) is 43.3 Å². The van der Waals surface area contributed by atoms with E-state index in [0.717, 1.165) is 45.6 Å². The molecule has 6 heteroatoms. The summed E-state index contributed by atoms with van der Waals surface area (Å²) in [5, 5.41) is 0. The molecule has 0 bridgehead atoms.